The van der Waals surface area contributed by atoms with Crippen LogP contribution in [0.15, 0.2) is 53.2 Å². The molecule has 0 aliphatic carbocycles. The molecule has 3 aromatic rings. The average molecular weight is 329 g/mol. The number of aromatic amines is 1. The fraction of sp³-hybridized carbons (Fsp3) is 0.278. The molecule has 0 radical (unpaired) electrons. The molecule has 0 amide bonds. The summed E-state index contributed by atoms with van der Waals surface area (Å²) >= 11 is 0. The van der Waals surface area contributed by atoms with Crippen LogP contribution in [0.4, 0.5) is 4.39 Å². The fourth-order valence-corrected chi connectivity index (χ4v) is 2.57. The van der Waals surface area contributed by atoms with Crippen LogP contribution in [0.5, 0.6) is 0 Å². The van der Waals surface area contributed by atoms with Crippen molar-refractivity contribution in [3.05, 3.63) is 77.5 Å². The number of hydrogen-bond acceptors (Lipinski definition) is 4. The van der Waals surface area contributed by atoms with E-state index in [0.717, 1.165) is 11.3 Å². The van der Waals surface area contributed by atoms with E-state index in [9.17, 15) is 9.50 Å². The summed E-state index contributed by atoms with van der Waals surface area (Å²) in [6.45, 7) is 3.75. The largest absolute Gasteiger partial charge is 0.463 e. The summed E-state index contributed by atoms with van der Waals surface area (Å²) in [6, 6.07) is 9.47. The van der Waals surface area contributed by atoms with Crippen molar-refractivity contribution in [1.29, 1.82) is 0 Å². The summed E-state index contributed by atoms with van der Waals surface area (Å²) in [4.78, 5) is 7.33. The van der Waals surface area contributed by atoms with Crippen molar-refractivity contribution < 1.29 is 13.9 Å². The molecule has 1 aromatic carbocycles. The number of aromatic nitrogens is 2. The summed E-state index contributed by atoms with van der Waals surface area (Å²) in [6.07, 6.45) is 3.38. The highest BCUT2D eigenvalue weighted by Gasteiger charge is 2.29. The molecule has 0 aliphatic heterocycles. The van der Waals surface area contributed by atoms with Crippen molar-refractivity contribution in [2.75, 3.05) is 6.54 Å². The molecule has 0 aliphatic rings. The summed E-state index contributed by atoms with van der Waals surface area (Å²) in [5.41, 5.74) is -0.336. The van der Waals surface area contributed by atoms with Crippen LogP contribution in [0.2, 0.25) is 0 Å². The predicted octanol–water partition coefficient (Wildman–Crippen LogP) is 3.04. The maximum Gasteiger partial charge on any atom is 0.136 e. The molecule has 0 saturated carbocycles. The lowest BCUT2D eigenvalue weighted by Crippen LogP contribution is -2.37. The van der Waals surface area contributed by atoms with Gasteiger partial charge in [0.2, 0.25) is 0 Å². The minimum absolute atomic E-state index is 0.239. The molecule has 0 saturated heterocycles. The van der Waals surface area contributed by atoms with E-state index < -0.39 is 5.60 Å². The van der Waals surface area contributed by atoms with Gasteiger partial charge in [-0.3, -0.25) is 0 Å². The Hall–Kier alpha value is -2.44. The Labute approximate surface area is 139 Å². The van der Waals surface area contributed by atoms with Gasteiger partial charge in [0.1, 0.15) is 28.8 Å². The highest BCUT2D eigenvalue weighted by atomic mass is 19.1. The summed E-state index contributed by atoms with van der Waals surface area (Å²) in [5, 5.41) is 14.0. The van der Waals surface area contributed by atoms with E-state index in [0.29, 0.717) is 11.6 Å². The van der Waals surface area contributed by atoms with Gasteiger partial charge in [0.15, 0.2) is 0 Å². The minimum atomic E-state index is -1.18. The molecule has 2 atom stereocenters. The van der Waals surface area contributed by atoms with Gasteiger partial charge < -0.3 is 19.8 Å². The lowest BCUT2D eigenvalue weighted by molar-refractivity contribution is 0.0317. The minimum Gasteiger partial charge on any atom is -0.463 e. The molecule has 0 spiro atoms. The summed E-state index contributed by atoms with van der Waals surface area (Å²) in [7, 11) is 0. The number of aliphatic hydroxyl groups is 1. The van der Waals surface area contributed by atoms with Crippen molar-refractivity contribution in [2.24, 2.45) is 0 Å². The number of halogens is 1. The molecule has 2 aromatic heterocycles. The number of furan rings is 1. The van der Waals surface area contributed by atoms with Crippen molar-refractivity contribution in [1.82, 2.24) is 15.3 Å². The van der Waals surface area contributed by atoms with E-state index in [1.807, 2.05) is 13.0 Å². The number of nitrogens with one attached hydrogen (secondary N) is 2. The molecule has 24 heavy (non-hydrogen) atoms. The van der Waals surface area contributed by atoms with Crippen LogP contribution in [0.1, 0.15) is 35.9 Å². The van der Waals surface area contributed by atoms with Gasteiger partial charge in [-0.05, 0) is 43.7 Å². The zero-order chi connectivity index (χ0) is 17.2. The van der Waals surface area contributed by atoms with Crippen LogP contribution in [-0.2, 0) is 5.60 Å². The lowest BCUT2D eigenvalue weighted by atomic mass is 10.0. The Balaban J connectivity index is 1.81. The molecule has 5 nitrogen and oxygen atoms in total. The van der Waals surface area contributed by atoms with E-state index in [1.165, 1.54) is 12.1 Å². The van der Waals surface area contributed by atoms with Crippen LogP contribution < -0.4 is 5.32 Å². The van der Waals surface area contributed by atoms with Gasteiger partial charge >= 0.3 is 0 Å². The van der Waals surface area contributed by atoms with Gasteiger partial charge in [0.05, 0.1) is 6.04 Å². The van der Waals surface area contributed by atoms with Gasteiger partial charge in [-0.2, -0.15) is 0 Å². The number of aryl methyl sites for hydroxylation is 1. The molecule has 3 rings (SSSR count). The molecule has 6 heteroatoms. The van der Waals surface area contributed by atoms with Crippen molar-refractivity contribution >= 4 is 0 Å². The zero-order valence-electron chi connectivity index (χ0n) is 13.6. The number of benzene rings is 1. The quantitative estimate of drug-likeness (QED) is 0.650. The second-order valence-corrected chi connectivity index (χ2v) is 6.02. The third-order valence-electron chi connectivity index (χ3n) is 3.92. The monoisotopic (exact) mass is 329 g/mol. The van der Waals surface area contributed by atoms with E-state index in [2.05, 4.69) is 15.3 Å². The van der Waals surface area contributed by atoms with Crippen molar-refractivity contribution in [3.8, 4) is 0 Å². The second-order valence-electron chi connectivity index (χ2n) is 6.02. The number of imidazole rings is 1. The molecular formula is C18H20FN3O2. The van der Waals surface area contributed by atoms with Crippen LogP contribution in [0.3, 0.4) is 0 Å². The van der Waals surface area contributed by atoms with Crippen molar-refractivity contribution in [3.63, 3.8) is 0 Å². The first-order valence-electron chi connectivity index (χ1n) is 7.73. The highest BCUT2D eigenvalue weighted by molar-refractivity contribution is 5.25. The number of nitrogens with zero attached hydrogens (tertiary/aromatic N) is 1. The molecule has 0 fully saturated rings. The number of H-pyrrole nitrogens is 1. The van der Waals surface area contributed by atoms with Gasteiger partial charge in [-0.1, -0.05) is 12.1 Å². The van der Waals surface area contributed by atoms with Gasteiger partial charge in [-0.15, -0.1) is 0 Å². The predicted molar refractivity (Wildman–Crippen MR) is 87.8 cm³/mol. The first-order chi connectivity index (χ1) is 11.5. The Bertz CT molecular complexity index is 779. The molecule has 3 N–H and O–H groups in total. The number of rotatable bonds is 6. The number of hydrogen-bond donors (Lipinski definition) is 3. The maximum atomic E-state index is 13.2. The summed E-state index contributed by atoms with van der Waals surface area (Å²) in [5.74, 6) is 1.62. The molecule has 0 bridgehead atoms. The SMILES string of the molecule is Cc1ccc([C@](C)(O)CN[C@H](c2ccc(F)cc2)c2ncc[nH]2)o1. The van der Waals surface area contributed by atoms with Crippen molar-refractivity contribution in [2.45, 2.75) is 25.5 Å². The normalized spacial score (nSPS) is 15.2. The highest BCUT2D eigenvalue weighted by Crippen LogP contribution is 2.25. The Kier molecular flexibility index (Phi) is 4.51. The Morgan fingerprint density at radius 3 is 2.62 bits per heavy atom. The van der Waals surface area contributed by atoms with Crippen LogP contribution in [0.25, 0.3) is 0 Å². The Morgan fingerprint density at radius 2 is 2.04 bits per heavy atom. The average Bonchev–Trinajstić information content (AvgIpc) is 3.21. The van der Waals surface area contributed by atoms with E-state index in [-0.39, 0.29) is 18.4 Å². The third-order valence-corrected chi connectivity index (χ3v) is 3.92. The van der Waals surface area contributed by atoms with Crippen LogP contribution >= 0.6 is 0 Å². The van der Waals surface area contributed by atoms with Crippen LogP contribution in [-0.4, -0.2) is 21.6 Å². The molecular weight excluding hydrogens is 309 g/mol. The lowest BCUT2D eigenvalue weighted by Gasteiger charge is -2.25. The maximum absolute atomic E-state index is 13.2. The zero-order valence-corrected chi connectivity index (χ0v) is 13.6. The van der Waals surface area contributed by atoms with Gasteiger partial charge in [0.25, 0.3) is 0 Å². The topological polar surface area (TPSA) is 74.1 Å². The first kappa shape index (κ1) is 16.4. The fourth-order valence-electron chi connectivity index (χ4n) is 2.57. The standard InChI is InChI=1S/C18H20FN3O2/c1-12-3-8-15(24-12)18(2,23)11-22-16(17-20-9-10-21-17)13-4-6-14(19)7-5-13/h3-10,16,22-23H,11H2,1-2H3,(H,20,21)/t16-,18-/m1/s1. The first-order valence-corrected chi connectivity index (χ1v) is 7.73. The molecule has 2 heterocycles. The van der Waals surface area contributed by atoms with Gasteiger partial charge in [0, 0.05) is 18.9 Å². The Morgan fingerprint density at radius 1 is 1.29 bits per heavy atom. The third kappa shape index (κ3) is 3.55. The van der Waals surface area contributed by atoms with E-state index >= 15 is 0 Å². The summed E-state index contributed by atoms with van der Waals surface area (Å²) < 4.78 is 18.7. The van der Waals surface area contributed by atoms with Crippen LogP contribution in [0, 0.1) is 12.7 Å². The molecule has 0 unspecified atom stereocenters. The van der Waals surface area contributed by atoms with E-state index in [1.54, 1.807) is 37.5 Å². The smallest absolute Gasteiger partial charge is 0.136 e. The molecule has 126 valence electrons. The van der Waals surface area contributed by atoms with Gasteiger partial charge in [-0.25, -0.2) is 9.37 Å². The second kappa shape index (κ2) is 6.59. The van der Waals surface area contributed by atoms with E-state index in [4.69, 9.17) is 4.42 Å².